The molecule has 0 saturated carbocycles. The number of hydrogen-bond acceptors (Lipinski definition) is 2. The van der Waals surface area contributed by atoms with Gasteiger partial charge in [-0.05, 0) is 18.9 Å². The minimum atomic E-state index is 0.0155. The molecule has 0 aliphatic rings. The standard InChI is InChI=1S/C13H16N2O/c1-11-4-6-12(7-5-11)10-13(16)15-9-3-2-8-14/h4-7H,2-3,9-10H2,1H3,(H,15,16). The number of nitrogens with one attached hydrogen (secondary N) is 1. The molecule has 1 aromatic carbocycles. The molecule has 0 fully saturated rings. The van der Waals surface area contributed by atoms with Gasteiger partial charge in [-0.2, -0.15) is 5.26 Å². The van der Waals surface area contributed by atoms with Crippen LogP contribution in [0.25, 0.3) is 0 Å². The lowest BCUT2D eigenvalue weighted by Crippen LogP contribution is -2.25. The Labute approximate surface area is 96.1 Å². The third-order valence-electron chi connectivity index (χ3n) is 2.27. The summed E-state index contributed by atoms with van der Waals surface area (Å²) in [5, 5.41) is 11.1. The van der Waals surface area contributed by atoms with E-state index in [4.69, 9.17) is 5.26 Å². The van der Waals surface area contributed by atoms with E-state index in [1.807, 2.05) is 37.3 Å². The van der Waals surface area contributed by atoms with Crippen molar-refractivity contribution in [1.29, 1.82) is 5.26 Å². The third kappa shape index (κ3) is 4.61. The predicted octanol–water partition coefficient (Wildman–Crippen LogP) is 1.96. The van der Waals surface area contributed by atoms with Gasteiger partial charge in [-0.3, -0.25) is 4.79 Å². The van der Waals surface area contributed by atoms with E-state index >= 15 is 0 Å². The zero-order valence-electron chi connectivity index (χ0n) is 9.49. The number of hydrogen-bond donors (Lipinski definition) is 1. The molecule has 1 N–H and O–H groups in total. The highest BCUT2D eigenvalue weighted by molar-refractivity contribution is 5.78. The van der Waals surface area contributed by atoms with Crippen molar-refractivity contribution in [1.82, 2.24) is 5.32 Å². The van der Waals surface area contributed by atoms with Crippen molar-refractivity contribution in [2.24, 2.45) is 0 Å². The van der Waals surface area contributed by atoms with Crippen molar-refractivity contribution in [3.8, 4) is 6.07 Å². The summed E-state index contributed by atoms with van der Waals surface area (Å²) >= 11 is 0. The van der Waals surface area contributed by atoms with Gasteiger partial charge in [0.15, 0.2) is 0 Å². The van der Waals surface area contributed by atoms with Crippen LogP contribution in [0.1, 0.15) is 24.0 Å². The normalized spacial score (nSPS) is 9.50. The lowest BCUT2D eigenvalue weighted by atomic mass is 10.1. The third-order valence-corrected chi connectivity index (χ3v) is 2.27. The van der Waals surface area contributed by atoms with Gasteiger partial charge in [0.2, 0.25) is 5.91 Å². The largest absolute Gasteiger partial charge is 0.356 e. The summed E-state index contributed by atoms with van der Waals surface area (Å²) in [5.41, 5.74) is 2.21. The van der Waals surface area contributed by atoms with Gasteiger partial charge in [0.1, 0.15) is 0 Å². The molecule has 0 aliphatic carbocycles. The second-order valence-corrected chi connectivity index (χ2v) is 3.77. The summed E-state index contributed by atoms with van der Waals surface area (Å²) in [4.78, 5) is 11.5. The number of unbranched alkanes of at least 4 members (excludes halogenated alkanes) is 1. The first-order valence-electron chi connectivity index (χ1n) is 5.41. The van der Waals surface area contributed by atoms with Crippen molar-refractivity contribution < 1.29 is 4.79 Å². The summed E-state index contributed by atoms with van der Waals surface area (Å²) < 4.78 is 0. The molecule has 3 heteroatoms. The second-order valence-electron chi connectivity index (χ2n) is 3.77. The van der Waals surface area contributed by atoms with E-state index in [0.717, 1.165) is 12.0 Å². The van der Waals surface area contributed by atoms with Gasteiger partial charge in [-0.1, -0.05) is 29.8 Å². The number of carbonyl (C=O) groups excluding carboxylic acids is 1. The smallest absolute Gasteiger partial charge is 0.224 e. The van der Waals surface area contributed by atoms with Gasteiger partial charge >= 0.3 is 0 Å². The first kappa shape index (κ1) is 12.3. The topological polar surface area (TPSA) is 52.9 Å². The van der Waals surface area contributed by atoms with E-state index in [9.17, 15) is 4.79 Å². The molecule has 0 saturated heterocycles. The molecule has 1 amide bonds. The van der Waals surface area contributed by atoms with Crippen LogP contribution in [0.15, 0.2) is 24.3 Å². The minimum absolute atomic E-state index is 0.0155. The molecule has 1 rings (SSSR count). The fourth-order valence-electron chi connectivity index (χ4n) is 1.35. The predicted molar refractivity (Wildman–Crippen MR) is 62.7 cm³/mol. The van der Waals surface area contributed by atoms with Crippen molar-refractivity contribution in [3.63, 3.8) is 0 Å². The van der Waals surface area contributed by atoms with Crippen LogP contribution < -0.4 is 5.32 Å². The number of aryl methyl sites for hydroxylation is 1. The summed E-state index contributed by atoms with van der Waals surface area (Å²) in [6.07, 6.45) is 1.62. The second kappa shape index (κ2) is 6.62. The van der Waals surface area contributed by atoms with E-state index in [1.54, 1.807) is 0 Å². The Morgan fingerprint density at radius 3 is 2.69 bits per heavy atom. The van der Waals surface area contributed by atoms with Gasteiger partial charge < -0.3 is 5.32 Å². The Morgan fingerprint density at radius 1 is 1.38 bits per heavy atom. The summed E-state index contributed by atoms with van der Waals surface area (Å²) in [6, 6.07) is 9.97. The summed E-state index contributed by atoms with van der Waals surface area (Å²) in [6.45, 7) is 2.60. The van der Waals surface area contributed by atoms with E-state index in [2.05, 4.69) is 5.32 Å². The van der Waals surface area contributed by atoms with Crippen LogP contribution in [-0.4, -0.2) is 12.5 Å². The van der Waals surface area contributed by atoms with Crippen molar-refractivity contribution in [2.45, 2.75) is 26.2 Å². The number of nitrogens with zero attached hydrogens (tertiary/aromatic N) is 1. The van der Waals surface area contributed by atoms with E-state index in [0.29, 0.717) is 19.4 Å². The van der Waals surface area contributed by atoms with Crippen LogP contribution in [0, 0.1) is 18.3 Å². The number of amides is 1. The van der Waals surface area contributed by atoms with Gasteiger partial charge in [0, 0.05) is 13.0 Å². The molecule has 0 unspecified atom stereocenters. The fraction of sp³-hybridized carbons (Fsp3) is 0.385. The maximum atomic E-state index is 11.5. The Kier molecular flexibility index (Phi) is 5.07. The molecule has 0 atom stereocenters. The zero-order chi connectivity index (χ0) is 11.8. The molecular weight excluding hydrogens is 200 g/mol. The Hall–Kier alpha value is -1.82. The Bertz CT molecular complexity index is 376. The minimum Gasteiger partial charge on any atom is -0.356 e. The monoisotopic (exact) mass is 216 g/mol. The molecule has 3 nitrogen and oxygen atoms in total. The first-order chi connectivity index (χ1) is 7.72. The highest BCUT2D eigenvalue weighted by Crippen LogP contribution is 2.03. The Balaban J connectivity index is 2.29. The van der Waals surface area contributed by atoms with Crippen LogP contribution in [-0.2, 0) is 11.2 Å². The molecule has 16 heavy (non-hydrogen) atoms. The van der Waals surface area contributed by atoms with Gasteiger partial charge in [0.05, 0.1) is 12.5 Å². The van der Waals surface area contributed by atoms with Crippen molar-refractivity contribution in [2.75, 3.05) is 6.54 Å². The molecule has 0 heterocycles. The summed E-state index contributed by atoms with van der Waals surface area (Å²) in [7, 11) is 0. The molecule has 0 bridgehead atoms. The highest BCUT2D eigenvalue weighted by atomic mass is 16.1. The van der Waals surface area contributed by atoms with Gasteiger partial charge in [-0.15, -0.1) is 0 Å². The van der Waals surface area contributed by atoms with Crippen molar-refractivity contribution in [3.05, 3.63) is 35.4 Å². The van der Waals surface area contributed by atoms with E-state index in [-0.39, 0.29) is 5.91 Å². The lowest BCUT2D eigenvalue weighted by molar-refractivity contribution is -0.120. The Morgan fingerprint density at radius 2 is 2.06 bits per heavy atom. The maximum absolute atomic E-state index is 11.5. The molecule has 0 radical (unpaired) electrons. The average molecular weight is 216 g/mol. The lowest BCUT2D eigenvalue weighted by Gasteiger charge is -2.04. The number of nitriles is 1. The molecule has 0 spiro atoms. The fourth-order valence-corrected chi connectivity index (χ4v) is 1.35. The quantitative estimate of drug-likeness (QED) is 0.765. The van der Waals surface area contributed by atoms with Gasteiger partial charge in [0.25, 0.3) is 0 Å². The maximum Gasteiger partial charge on any atom is 0.224 e. The van der Waals surface area contributed by atoms with E-state index < -0.39 is 0 Å². The highest BCUT2D eigenvalue weighted by Gasteiger charge is 2.01. The number of benzene rings is 1. The van der Waals surface area contributed by atoms with Crippen LogP contribution in [0.5, 0.6) is 0 Å². The van der Waals surface area contributed by atoms with Crippen LogP contribution in [0.4, 0.5) is 0 Å². The molecule has 0 aliphatic heterocycles. The molecule has 1 aromatic rings. The first-order valence-corrected chi connectivity index (χ1v) is 5.41. The van der Waals surface area contributed by atoms with Crippen LogP contribution in [0.2, 0.25) is 0 Å². The summed E-state index contributed by atoms with van der Waals surface area (Å²) in [5.74, 6) is 0.0155. The van der Waals surface area contributed by atoms with Crippen molar-refractivity contribution >= 4 is 5.91 Å². The molecular formula is C13H16N2O. The van der Waals surface area contributed by atoms with Gasteiger partial charge in [-0.25, -0.2) is 0 Å². The SMILES string of the molecule is Cc1ccc(CC(=O)NCCCC#N)cc1. The van der Waals surface area contributed by atoms with E-state index in [1.165, 1.54) is 5.56 Å². The number of rotatable bonds is 5. The molecule has 84 valence electrons. The molecule has 0 aromatic heterocycles. The zero-order valence-corrected chi connectivity index (χ0v) is 9.49. The van der Waals surface area contributed by atoms with Crippen LogP contribution >= 0.6 is 0 Å². The average Bonchev–Trinajstić information content (AvgIpc) is 2.28. The number of carbonyl (C=O) groups is 1. The van der Waals surface area contributed by atoms with Crippen LogP contribution in [0.3, 0.4) is 0 Å².